The second kappa shape index (κ2) is 6.35. The van der Waals surface area contributed by atoms with E-state index in [9.17, 15) is 4.79 Å². The van der Waals surface area contributed by atoms with Crippen molar-refractivity contribution in [1.29, 1.82) is 0 Å². The highest BCUT2D eigenvalue weighted by molar-refractivity contribution is 7.99. The van der Waals surface area contributed by atoms with Gasteiger partial charge < -0.3 is 9.80 Å². The molecule has 0 bridgehead atoms. The van der Waals surface area contributed by atoms with Crippen LogP contribution in [0.5, 0.6) is 0 Å². The van der Waals surface area contributed by atoms with Crippen molar-refractivity contribution in [2.45, 2.75) is 12.8 Å². The van der Waals surface area contributed by atoms with Gasteiger partial charge in [-0.05, 0) is 12.8 Å². The topological polar surface area (TPSA) is 49.3 Å². The minimum absolute atomic E-state index is 0.0157. The number of fused-ring (bicyclic) bond motifs is 1. The highest BCUT2D eigenvalue weighted by Gasteiger charge is 2.24. The van der Waals surface area contributed by atoms with Crippen LogP contribution in [0.15, 0.2) is 24.3 Å². The molecule has 0 radical (unpaired) electrons. The molecule has 2 fully saturated rings. The summed E-state index contributed by atoms with van der Waals surface area (Å²) in [6, 6.07) is 8.03. The molecule has 23 heavy (non-hydrogen) atoms. The smallest absolute Gasteiger partial charge is 0.275 e. The Labute approximate surface area is 140 Å². The fourth-order valence-corrected chi connectivity index (χ4v) is 4.23. The molecule has 2 aliphatic rings. The van der Waals surface area contributed by atoms with E-state index in [4.69, 9.17) is 0 Å². The number of hydrogen-bond acceptors (Lipinski definition) is 5. The minimum atomic E-state index is 0.0157. The van der Waals surface area contributed by atoms with Crippen molar-refractivity contribution in [1.82, 2.24) is 15.1 Å². The average Bonchev–Trinajstić information content (AvgIpc) is 3.15. The van der Waals surface area contributed by atoms with Crippen molar-refractivity contribution in [2.75, 3.05) is 42.6 Å². The van der Waals surface area contributed by atoms with Gasteiger partial charge in [-0.25, -0.2) is 0 Å². The first-order chi connectivity index (χ1) is 11.3. The Kier molecular flexibility index (Phi) is 4.08. The molecule has 2 saturated heterocycles. The van der Waals surface area contributed by atoms with Crippen molar-refractivity contribution < 1.29 is 4.79 Å². The van der Waals surface area contributed by atoms with E-state index in [2.05, 4.69) is 21.2 Å². The third-order valence-electron chi connectivity index (χ3n) is 4.57. The number of rotatable bonds is 2. The number of anilines is 1. The molecule has 5 nitrogen and oxygen atoms in total. The molecule has 4 rings (SSSR count). The number of carbonyl (C=O) groups excluding carboxylic acids is 1. The molecule has 3 heterocycles. The van der Waals surface area contributed by atoms with Gasteiger partial charge in [0.05, 0.1) is 0 Å². The highest BCUT2D eigenvalue weighted by Crippen LogP contribution is 2.29. The van der Waals surface area contributed by atoms with E-state index < -0.39 is 0 Å². The lowest BCUT2D eigenvalue weighted by atomic mass is 10.1. The van der Waals surface area contributed by atoms with Gasteiger partial charge >= 0.3 is 0 Å². The first kappa shape index (κ1) is 14.8. The standard InChI is InChI=1S/C17H20N4OS/c22-17(21-9-11-23-12-10-21)15-13-5-1-2-6-14(13)16(19-18-15)20-7-3-4-8-20/h1-2,5-6H,3-4,7-12H2. The molecule has 120 valence electrons. The molecular weight excluding hydrogens is 308 g/mol. The number of hydrogen-bond donors (Lipinski definition) is 0. The zero-order chi connectivity index (χ0) is 15.6. The molecule has 2 aliphatic heterocycles. The zero-order valence-corrected chi connectivity index (χ0v) is 13.9. The van der Waals surface area contributed by atoms with E-state index in [1.54, 1.807) is 0 Å². The summed E-state index contributed by atoms with van der Waals surface area (Å²) in [5, 5.41) is 10.7. The first-order valence-corrected chi connectivity index (χ1v) is 9.37. The predicted octanol–water partition coefficient (Wildman–Crippen LogP) is 2.42. The quantitative estimate of drug-likeness (QED) is 0.847. The monoisotopic (exact) mass is 328 g/mol. The first-order valence-electron chi connectivity index (χ1n) is 8.22. The number of thioether (sulfide) groups is 1. The molecule has 0 unspecified atom stereocenters. The minimum Gasteiger partial charge on any atom is -0.355 e. The number of aromatic nitrogens is 2. The Morgan fingerprint density at radius 1 is 0.957 bits per heavy atom. The molecule has 0 aliphatic carbocycles. The molecule has 0 spiro atoms. The lowest BCUT2D eigenvalue weighted by Gasteiger charge is -2.26. The van der Waals surface area contributed by atoms with Crippen molar-refractivity contribution >= 4 is 34.3 Å². The number of amides is 1. The second-order valence-corrected chi connectivity index (χ2v) is 7.24. The van der Waals surface area contributed by atoms with Gasteiger partial charge in [0.2, 0.25) is 0 Å². The molecule has 0 saturated carbocycles. The van der Waals surface area contributed by atoms with Gasteiger partial charge in [-0.1, -0.05) is 24.3 Å². The zero-order valence-electron chi connectivity index (χ0n) is 13.1. The summed E-state index contributed by atoms with van der Waals surface area (Å²) in [5.41, 5.74) is 0.496. The number of benzene rings is 1. The predicted molar refractivity (Wildman–Crippen MR) is 94.2 cm³/mol. The molecule has 2 aromatic rings. The average molecular weight is 328 g/mol. The van der Waals surface area contributed by atoms with Crippen LogP contribution in [0.1, 0.15) is 23.3 Å². The maximum Gasteiger partial charge on any atom is 0.275 e. The lowest BCUT2D eigenvalue weighted by Crippen LogP contribution is -2.38. The molecule has 1 aromatic heterocycles. The van der Waals surface area contributed by atoms with E-state index in [1.165, 1.54) is 12.8 Å². The van der Waals surface area contributed by atoms with Gasteiger partial charge in [-0.15, -0.1) is 10.2 Å². The summed E-state index contributed by atoms with van der Waals surface area (Å²) in [5.74, 6) is 2.94. The van der Waals surface area contributed by atoms with Crippen LogP contribution in [0, 0.1) is 0 Å². The Hall–Kier alpha value is -1.82. The van der Waals surface area contributed by atoms with Gasteiger partial charge in [0.15, 0.2) is 11.5 Å². The summed E-state index contributed by atoms with van der Waals surface area (Å²) in [7, 11) is 0. The Morgan fingerprint density at radius 2 is 1.65 bits per heavy atom. The maximum absolute atomic E-state index is 12.8. The van der Waals surface area contributed by atoms with Crippen LogP contribution in [0.4, 0.5) is 5.82 Å². The highest BCUT2D eigenvalue weighted by atomic mass is 32.2. The van der Waals surface area contributed by atoms with Crippen LogP contribution in [0.2, 0.25) is 0 Å². The van der Waals surface area contributed by atoms with E-state index in [-0.39, 0.29) is 5.91 Å². The maximum atomic E-state index is 12.8. The van der Waals surface area contributed by atoms with Crippen LogP contribution in [0.3, 0.4) is 0 Å². The van der Waals surface area contributed by atoms with Crippen molar-refractivity contribution in [2.24, 2.45) is 0 Å². The van der Waals surface area contributed by atoms with Crippen LogP contribution in [-0.4, -0.2) is 58.7 Å². The Balaban J connectivity index is 1.76. The Bertz CT molecular complexity index is 724. The van der Waals surface area contributed by atoms with Crippen LogP contribution in [-0.2, 0) is 0 Å². The Morgan fingerprint density at radius 3 is 2.39 bits per heavy atom. The molecule has 0 N–H and O–H groups in total. The summed E-state index contributed by atoms with van der Waals surface area (Å²) in [4.78, 5) is 17.0. The molecule has 1 amide bonds. The fourth-order valence-electron chi connectivity index (χ4n) is 3.33. The van der Waals surface area contributed by atoms with E-state index in [0.717, 1.165) is 54.3 Å². The van der Waals surface area contributed by atoms with Gasteiger partial charge in [-0.3, -0.25) is 4.79 Å². The van der Waals surface area contributed by atoms with Crippen LogP contribution < -0.4 is 4.90 Å². The van der Waals surface area contributed by atoms with E-state index in [0.29, 0.717) is 5.69 Å². The summed E-state index contributed by atoms with van der Waals surface area (Å²) in [6.07, 6.45) is 2.39. The van der Waals surface area contributed by atoms with Crippen LogP contribution >= 0.6 is 11.8 Å². The summed E-state index contributed by atoms with van der Waals surface area (Å²) < 4.78 is 0. The second-order valence-electron chi connectivity index (χ2n) is 6.02. The number of carbonyl (C=O) groups is 1. The summed E-state index contributed by atoms with van der Waals surface area (Å²) >= 11 is 1.90. The van der Waals surface area contributed by atoms with Crippen molar-refractivity contribution in [3.05, 3.63) is 30.0 Å². The van der Waals surface area contributed by atoms with E-state index >= 15 is 0 Å². The third kappa shape index (κ3) is 2.76. The van der Waals surface area contributed by atoms with Gasteiger partial charge in [0, 0.05) is 48.5 Å². The molecule has 0 atom stereocenters. The van der Waals surface area contributed by atoms with Gasteiger partial charge in [0.1, 0.15) is 0 Å². The lowest BCUT2D eigenvalue weighted by molar-refractivity contribution is 0.0767. The van der Waals surface area contributed by atoms with Crippen molar-refractivity contribution in [3.63, 3.8) is 0 Å². The normalized spacial score (nSPS) is 18.6. The van der Waals surface area contributed by atoms with E-state index in [1.807, 2.05) is 34.9 Å². The third-order valence-corrected chi connectivity index (χ3v) is 5.52. The summed E-state index contributed by atoms with van der Waals surface area (Å²) in [6.45, 7) is 3.64. The molecular formula is C17H20N4OS. The number of nitrogens with zero attached hydrogens (tertiary/aromatic N) is 4. The van der Waals surface area contributed by atoms with Crippen molar-refractivity contribution in [3.8, 4) is 0 Å². The van der Waals surface area contributed by atoms with Crippen LogP contribution in [0.25, 0.3) is 10.8 Å². The molecule has 1 aromatic carbocycles. The fraction of sp³-hybridized carbons (Fsp3) is 0.471. The van der Waals surface area contributed by atoms with Gasteiger partial charge in [-0.2, -0.15) is 11.8 Å². The van der Waals surface area contributed by atoms with Gasteiger partial charge in [0.25, 0.3) is 5.91 Å². The SMILES string of the molecule is O=C(c1nnc(N2CCCC2)c2ccccc12)N1CCSCC1. The molecule has 6 heteroatoms. The largest absolute Gasteiger partial charge is 0.355 e.